The van der Waals surface area contributed by atoms with Crippen molar-refractivity contribution in [2.45, 2.75) is 38.3 Å². The van der Waals surface area contributed by atoms with Crippen molar-refractivity contribution >= 4 is 0 Å². The molecule has 1 N–H and O–H groups in total. The fourth-order valence-corrected chi connectivity index (χ4v) is 3.01. The first-order valence-electron chi connectivity index (χ1n) is 7.89. The number of hydrogen-bond donors (Lipinski definition) is 1. The third-order valence-corrected chi connectivity index (χ3v) is 4.38. The summed E-state index contributed by atoms with van der Waals surface area (Å²) >= 11 is 0. The van der Waals surface area contributed by atoms with E-state index in [0.29, 0.717) is 0 Å². The Kier molecular flexibility index (Phi) is 4.50. The van der Waals surface area contributed by atoms with Gasteiger partial charge in [0, 0.05) is 38.4 Å². The molecule has 1 aliphatic heterocycles. The summed E-state index contributed by atoms with van der Waals surface area (Å²) in [5.41, 5.74) is 2.58. The van der Waals surface area contributed by atoms with Crippen LogP contribution in [0.15, 0.2) is 42.7 Å². The molecule has 0 atom stereocenters. The van der Waals surface area contributed by atoms with Gasteiger partial charge in [-0.15, -0.1) is 0 Å². The number of aromatic nitrogens is 2. The van der Waals surface area contributed by atoms with Crippen molar-refractivity contribution in [3.8, 4) is 0 Å². The lowest BCUT2D eigenvalue weighted by Gasteiger charge is -2.38. The molecule has 0 aliphatic carbocycles. The lowest BCUT2D eigenvalue weighted by Crippen LogP contribution is -2.45. The molecule has 22 heavy (non-hydrogen) atoms. The molecule has 0 saturated carbocycles. The minimum absolute atomic E-state index is 0.573. The minimum atomic E-state index is -0.573. The molecule has 0 bridgehead atoms. The summed E-state index contributed by atoms with van der Waals surface area (Å²) in [7, 11) is 0. The standard InChI is InChI=1S/C18H23N3O/c1-15-12-20-17(13-19-15)14-21-9-7-18(22,8-10-21)11-16-5-3-2-4-6-16/h2-6,12-13,22H,7-11,14H2,1H3. The Bertz CT molecular complexity index is 589. The zero-order valence-corrected chi connectivity index (χ0v) is 13.1. The number of piperidine rings is 1. The van der Waals surface area contributed by atoms with E-state index in [1.807, 2.05) is 37.5 Å². The summed E-state index contributed by atoms with van der Waals surface area (Å²) in [6.45, 7) is 4.56. The van der Waals surface area contributed by atoms with E-state index in [2.05, 4.69) is 27.0 Å². The molecular formula is C18H23N3O. The number of rotatable bonds is 4. The molecule has 1 aliphatic rings. The Morgan fingerprint density at radius 2 is 1.82 bits per heavy atom. The number of hydrogen-bond acceptors (Lipinski definition) is 4. The van der Waals surface area contributed by atoms with E-state index >= 15 is 0 Å². The fourth-order valence-electron chi connectivity index (χ4n) is 3.01. The van der Waals surface area contributed by atoms with Crippen molar-refractivity contribution in [1.29, 1.82) is 0 Å². The van der Waals surface area contributed by atoms with Gasteiger partial charge in [-0.3, -0.25) is 14.9 Å². The average Bonchev–Trinajstić information content (AvgIpc) is 2.53. The highest BCUT2D eigenvalue weighted by Crippen LogP contribution is 2.26. The van der Waals surface area contributed by atoms with E-state index in [1.165, 1.54) is 5.56 Å². The topological polar surface area (TPSA) is 49.2 Å². The van der Waals surface area contributed by atoms with E-state index in [4.69, 9.17) is 0 Å². The van der Waals surface area contributed by atoms with Gasteiger partial charge >= 0.3 is 0 Å². The first-order valence-corrected chi connectivity index (χ1v) is 7.89. The number of likely N-dealkylation sites (tertiary alicyclic amines) is 1. The summed E-state index contributed by atoms with van der Waals surface area (Å²) in [6.07, 6.45) is 6.01. The van der Waals surface area contributed by atoms with Crippen molar-refractivity contribution < 1.29 is 5.11 Å². The number of aliphatic hydroxyl groups is 1. The van der Waals surface area contributed by atoms with Crippen molar-refractivity contribution in [1.82, 2.24) is 14.9 Å². The maximum Gasteiger partial charge on any atom is 0.0727 e. The maximum atomic E-state index is 10.8. The maximum absolute atomic E-state index is 10.8. The first-order chi connectivity index (χ1) is 10.6. The van der Waals surface area contributed by atoms with Crippen LogP contribution in [0, 0.1) is 6.92 Å². The zero-order chi connectivity index (χ0) is 15.4. The summed E-state index contributed by atoms with van der Waals surface area (Å²) in [4.78, 5) is 11.0. The quantitative estimate of drug-likeness (QED) is 0.941. The molecule has 1 saturated heterocycles. The smallest absolute Gasteiger partial charge is 0.0727 e. The molecule has 0 radical (unpaired) electrons. The second-order valence-electron chi connectivity index (χ2n) is 6.31. The van der Waals surface area contributed by atoms with Gasteiger partial charge in [-0.25, -0.2) is 0 Å². The normalized spacial score (nSPS) is 18.3. The lowest BCUT2D eigenvalue weighted by atomic mass is 9.85. The lowest BCUT2D eigenvalue weighted by molar-refractivity contribution is -0.0227. The van der Waals surface area contributed by atoms with E-state index in [1.54, 1.807) is 0 Å². The van der Waals surface area contributed by atoms with Crippen LogP contribution in [0.4, 0.5) is 0 Å². The number of nitrogens with zero attached hydrogens (tertiary/aromatic N) is 3. The van der Waals surface area contributed by atoms with Gasteiger partial charge in [-0.2, -0.15) is 0 Å². The van der Waals surface area contributed by atoms with Crippen LogP contribution < -0.4 is 0 Å². The average molecular weight is 297 g/mol. The van der Waals surface area contributed by atoms with Crippen LogP contribution in [0.1, 0.15) is 29.8 Å². The van der Waals surface area contributed by atoms with Gasteiger partial charge in [-0.05, 0) is 25.3 Å². The van der Waals surface area contributed by atoms with Crippen LogP contribution in [-0.2, 0) is 13.0 Å². The Morgan fingerprint density at radius 1 is 1.09 bits per heavy atom. The first kappa shape index (κ1) is 15.1. The highest BCUT2D eigenvalue weighted by atomic mass is 16.3. The molecule has 1 aromatic heterocycles. The van der Waals surface area contributed by atoms with Gasteiger partial charge < -0.3 is 5.11 Å². The van der Waals surface area contributed by atoms with Crippen molar-refractivity contribution in [2.24, 2.45) is 0 Å². The third-order valence-electron chi connectivity index (χ3n) is 4.38. The van der Waals surface area contributed by atoms with Crippen LogP contribution in [0.2, 0.25) is 0 Å². The highest BCUT2D eigenvalue weighted by molar-refractivity contribution is 5.17. The molecule has 116 valence electrons. The Morgan fingerprint density at radius 3 is 2.45 bits per heavy atom. The van der Waals surface area contributed by atoms with Crippen LogP contribution >= 0.6 is 0 Å². The molecule has 4 heteroatoms. The van der Waals surface area contributed by atoms with Gasteiger partial charge in [0.25, 0.3) is 0 Å². The predicted octanol–water partition coefficient (Wildman–Crippen LogP) is 2.35. The molecular weight excluding hydrogens is 274 g/mol. The van der Waals surface area contributed by atoms with Gasteiger partial charge in [0.05, 0.1) is 17.0 Å². The van der Waals surface area contributed by atoms with E-state index in [-0.39, 0.29) is 0 Å². The Hall–Kier alpha value is -1.78. The molecule has 4 nitrogen and oxygen atoms in total. The van der Waals surface area contributed by atoms with Crippen LogP contribution in [-0.4, -0.2) is 38.7 Å². The van der Waals surface area contributed by atoms with Crippen molar-refractivity contribution in [3.63, 3.8) is 0 Å². The molecule has 1 aromatic carbocycles. The second kappa shape index (κ2) is 6.55. The second-order valence-corrected chi connectivity index (χ2v) is 6.31. The molecule has 0 unspecified atom stereocenters. The summed E-state index contributed by atoms with van der Waals surface area (Å²) in [6, 6.07) is 10.3. The van der Waals surface area contributed by atoms with Gasteiger partial charge in [-0.1, -0.05) is 30.3 Å². The highest BCUT2D eigenvalue weighted by Gasteiger charge is 2.32. The summed E-state index contributed by atoms with van der Waals surface area (Å²) in [5, 5.41) is 10.8. The molecule has 3 rings (SSSR count). The minimum Gasteiger partial charge on any atom is -0.389 e. The predicted molar refractivity (Wildman–Crippen MR) is 86.4 cm³/mol. The fraction of sp³-hybridized carbons (Fsp3) is 0.444. The van der Waals surface area contributed by atoms with E-state index < -0.39 is 5.60 Å². The zero-order valence-electron chi connectivity index (χ0n) is 13.1. The number of benzene rings is 1. The monoisotopic (exact) mass is 297 g/mol. The molecule has 2 heterocycles. The Balaban J connectivity index is 1.54. The third kappa shape index (κ3) is 3.90. The van der Waals surface area contributed by atoms with E-state index in [9.17, 15) is 5.11 Å². The van der Waals surface area contributed by atoms with Crippen LogP contribution in [0.3, 0.4) is 0 Å². The SMILES string of the molecule is Cc1cnc(CN2CCC(O)(Cc3ccccc3)CC2)cn1. The summed E-state index contributed by atoms with van der Waals surface area (Å²) < 4.78 is 0. The molecule has 0 spiro atoms. The Labute approximate surface area is 131 Å². The van der Waals surface area contributed by atoms with Crippen molar-refractivity contribution in [3.05, 3.63) is 59.7 Å². The van der Waals surface area contributed by atoms with Gasteiger partial charge in [0.15, 0.2) is 0 Å². The van der Waals surface area contributed by atoms with Crippen LogP contribution in [0.5, 0.6) is 0 Å². The van der Waals surface area contributed by atoms with E-state index in [0.717, 1.165) is 50.3 Å². The van der Waals surface area contributed by atoms with Gasteiger partial charge in [0.1, 0.15) is 0 Å². The largest absolute Gasteiger partial charge is 0.389 e. The number of aryl methyl sites for hydroxylation is 1. The molecule has 1 fully saturated rings. The van der Waals surface area contributed by atoms with Gasteiger partial charge in [0.2, 0.25) is 0 Å². The van der Waals surface area contributed by atoms with Crippen molar-refractivity contribution in [2.75, 3.05) is 13.1 Å². The van der Waals surface area contributed by atoms with Crippen LogP contribution in [0.25, 0.3) is 0 Å². The summed E-state index contributed by atoms with van der Waals surface area (Å²) in [5.74, 6) is 0. The molecule has 0 amide bonds. The molecule has 2 aromatic rings.